The minimum absolute atomic E-state index is 0.0534. The van der Waals surface area contributed by atoms with Crippen molar-refractivity contribution in [1.82, 2.24) is 0 Å². The predicted molar refractivity (Wildman–Crippen MR) is 91.2 cm³/mol. The van der Waals surface area contributed by atoms with Crippen LogP contribution in [0.15, 0.2) is 12.2 Å². The van der Waals surface area contributed by atoms with E-state index >= 15 is 0 Å². The van der Waals surface area contributed by atoms with Gasteiger partial charge in [0.25, 0.3) is 0 Å². The minimum atomic E-state index is -0.336. The van der Waals surface area contributed by atoms with Crippen LogP contribution in [0.3, 0.4) is 0 Å². The number of ether oxygens (including phenoxy) is 2. The van der Waals surface area contributed by atoms with Crippen molar-refractivity contribution in [2.24, 2.45) is 17.8 Å². The van der Waals surface area contributed by atoms with Gasteiger partial charge in [-0.05, 0) is 64.2 Å². The van der Waals surface area contributed by atoms with E-state index in [1.807, 2.05) is 0 Å². The van der Waals surface area contributed by atoms with Gasteiger partial charge in [-0.3, -0.25) is 4.79 Å². The van der Waals surface area contributed by atoms with Crippen LogP contribution < -0.4 is 0 Å². The van der Waals surface area contributed by atoms with E-state index in [1.54, 1.807) is 6.92 Å². The smallest absolute Gasteiger partial charge is 0.333 e. The van der Waals surface area contributed by atoms with Crippen LogP contribution in [0.4, 0.5) is 0 Å². The van der Waals surface area contributed by atoms with Gasteiger partial charge in [0.1, 0.15) is 11.7 Å². The zero-order chi connectivity index (χ0) is 17.3. The monoisotopic (exact) mass is 334 g/mol. The molecule has 3 aliphatic carbocycles. The number of hydrogen-bond acceptors (Lipinski definition) is 4. The molecule has 3 aliphatic rings. The van der Waals surface area contributed by atoms with Gasteiger partial charge < -0.3 is 9.47 Å². The number of hydrogen-bond donors (Lipinski definition) is 0. The quantitative estimate of drug-likeness (QED) is 0.559. The Labute approximate surface area is 145 Å². The summed E-state index contributed by atoms with van der Waals surface area (Å²) in [6.45, 7) is 7.43. The van der Waals surface area contributed by atoms with Crippen LogP contribution in [0.25, 0.3) is 0 Å². The minimum Gasteiger partial charge on any atom is -0.459 e. The second kappa shape index (κ2) is 6.89. The summed E-state index contributed by atoms with van der Waals surface area (Å²) < 4.78 is 11.7. The highest BCUT2D eigenvalue weighted by Gasteiger charge is 2.52. The Morgan fingerprint density at radius 2 is 1.83 bits per heavy atom. The van der Waals surface area contributed by atoms with E-state index in [1.165, 1.54) is 6.42 Å². The molecule has 0 amide bonds. The molecule has 3 rings (SSSR count). The lowest BCUT2D eigenvalue weighted by Gasteiger charge is -2.38. The molecule has 0 N–H and O–H groups in total. The van der Waals surface area contributed by atoms with Crippen LogP contribution in [0.5, 0.6) is 0 Å². The molecule has 0 spiro atoms. The van der Waals surface area contributed by atoms with E-state index in [4.69, 9.17) is 9.47 Å². The first-order valence-electron chi connectivity index (χ1n) is 9.53. The summed E-state index contributed by atoms with van der Waals surface area (Å²) in [7, 11) is 0. The van der Waals surface area contributed by atoms with Gasteiger partial charge in [-0.25, -0.2) is 4.79 Å². The highest BCUT2D eigenvalue weighted by atomic mass is 16.6. The molecule has 4 unspecified atom stereocenters. The van der Waals surface area contributed by atoms with Gasteiger partial charge in [-0.15, -0.1) is 0 Å². The normalized spacial score (nSPS) is 33.9. The van der Waals surface area contributed by atoms with Crippen molar-refractivity contribution in [2.45, 2.75) is 83.3 Å². The number of carbonyl (C=O) groups is 2. The van der Waals surface area contributed by atoms with Gasteiger partial charge in [0.2, 0.25) is 0 Å². The maximum atomic E-state index is 12.9. The third-order valence-corrected chi connectivity index (χ3v) is 6.39. The Morgan fingerprint density at radius 3 is 2.42 bits per heavy atom. The van der Waals surface area contributed by atoms with Crippen molar-refractivity contribution in [3.8, 4) is 0 Å². The van der Waals surface area contributed by atoms with Gasteiger partial charge in [0.05, 0.1) is 5.92 Å². The predicted octanol–water partition coefficient (Wildman–Crippen LogP) is 4.18. The fraction of sp³-hybridized carbons (Fsp3) is 0.800. The standard InChI is InChI=1S/C20H30O4/c1-4-20(8-6-5-7-9-20)24-19(22)16-11-14-10-15(16)17(12-14)23-18(21)13(2)3/h14-17H,2,4-12H2,1,3H3. The third kappa shape index (κ3) is 3.38. The largest absolute Gasteiger partial charge is 0.459 e. The zero-order valence-corrected chi connectivity index (χ0v) is 15.0. The van der Waals surface area contributed by atoms with Crippen LogP contribution >= 0.6 is 0 Å². The van der Waals surface area contributed by atoms with Gasteiger partial charge in [-0.2, -0.15) is 0 Å². The maximum Gasteiger partial charge on any atom is 0.333 e. The molecular weight excluding hydrogens is 304 g/mol. The van der Waals surface area contributed by atoms with E-state index in [2.05, 4.69) is 13.5 Å². The summed E-state index contributed by atoms with van der Waals surface area (Å²) in [5.74, 6) is 0.124. The molecule has 134 valence electrons. The molecule has 0 aromatic heterocycles. The van der Waals surface area contributed by atoms with E-state index in [-0.39, 0.29) is 35.5 Å². The van der Waals surface area contributed by atoms with Crippen molar-refractivity contribution in [2.75, 3.05) is 0 Å². The van der Waals surface area contributed by atoms with E-state index in [0.717, 1.165) is 51.4 Å². The first kappa shape index (κ1) is 17.5. The molecule has 0 aromatic rings. The van der Waals surface area contributed by atoms with Crippen LogP contribution in [-0.2, 0) is 19.1 Å². The summed E-state index contributed by atoms with van der Waals surface area (Å²) in [6.07, 6.45) is 9.03. The van der Waals surface area contributed by atoms with Crippen molar-refractivity contribution >= 4 is 11.9 Å². The topological polar surface area (TPSA) is 52.6 Å². The van der Waals surface area contributed by atoms with Gasteiger partial charge in [0, 0.05) is 11.5 Å². The number of esters is 2. The average Bonchev–Trinajstić information content (AvgIpc) is 3.15. The Balaban J connectivity index is 1.63. The van der Waals surface area contributed by atoms with E-state index in [9.17, 15) is 9.59 Å². The molecule has 0 radical (unpaired) electrons. The lowest BCUT2D eigenvalue weighted by Crippen LogP contribution is -2.41. The van der Waals surface area contributed by atoms with E-state index < -0.39 is 0 Å². The molecule has 0 aliphatic heterocycles. The van der Waals surface area contributed by atoms with Gasteiger partial charge in [-0.1, -0.05) is 19.9 Å². The Bertz CT molecular complexity index is 518. The molecule has 0 saturated heterocycles. The Morgan fingerprint density at radius 1 is 1.12 bits per heavy atom. The lowest BCUT2D eigenvalue weighted by atomic mass is 9.82. The third-order valence-electron chi connectivity index (χ3n) is 6.39. The molecule has 4 heteroatoms. The maximum absolute atomic E-state index is 12.9. The van der Waals surface area contributed by atoms with Crippen molar-refractivity contribution in [3.05, 3.63) is 12.2 Å². The van der Waals surface area contributed by atoms with Crippen LogP contribution in [0.2, 0.25) is 0 Å². The summed E-state index contributed by atoms with van der Waals surface area (Å²) in [5, 5.41) is 0. The average molecular weight is 334 g/mol. The SMILES string of the molecule is C=C(C)C(=O)OC1CC2CC(C(=O)OC3(CC)CCCCC3)C1C2. The molecule has 4 nitrogen and oxygen atoms in total. The molecule has 4 atom stereocenters. The van der Waals surface area contributed by atoms with Crippen molar-refractivity contribution in [1.29, 1.82) is 0 Å². The van der Waals surface area contributed by atoms with Crippen LogP contribution in [-0.4, -0.2) is 23.6 Å². The summed E-state index contributed by atoms with van der Waals surface area (Å²) >= 11 is 0. The van der Waals surface area contributed by atoms with E-state index in [0.29, 0.717) is 11.5 Å². The highest BCUT2D eigenvalue weighted by molar-refractivity contribution is 5.87. The highest BCUT2D eigenvalue weighted by Crippen LogP contribution is 2.51. The fourth-order valence-electron chi connectivity index (χ4n) is 4.94. The number of rotatable bonds is 5. The fourth-order valence-corrected chi connectivity index (χ4v) is 4.94. The second-order valence-corrected chi connectivity index (χ2v) is 8.09. The van der Waals surface area contributed by atoms with Gasteiger partial charge in [0.15, 0.2) is 0 Å². The molecule has 24 heavy (non-hydrogen) atoms. The molecule has 3 fully saturated rings. The lowest BCUT2D eigenvalue weighted by molar-refractivity contribution is -0.174. The van der Waals surface area contributed by atoms with Crippen LogP contribution in [0, 0.1) is 17.8 Å². The number of fused-ring (bicyclic) bond motifs is 2. The second-order valence-electron chi connectivity index (χ2n) is 8.09. The Kier molecular flexibility index (Phi) is 5.03. The Hall–Kier alpha value is -1.32. The van der Waals surface area contributed by atoms with Crippen molar-refractivity contribution in [3.63, 3.8) is 0 Å². The molecule has 0 heterocycles. The first-order valence-corrected chi connectivity index (χ1v) is 9.53. The molecule has 3 saturated carbocycles. The first-order chi connectivity index (χ1) is 11.4. The summed E-state index contributed by atoms with van der Waals surface area (Å²) in [4.78, 5) is 24.7. The summed E-state index contributed by atoms with van der Waals surface area (Å²) in [6, 6.07) is 0. The number of carbonyl (C=O) groups excluding carboxylic acids is 2. The summed E-state index contributed by atoms with van der Waals surface area (Å²) in [5.41, 5.74) is 0.171. The molecule has 0 aromatic carbocycles. The zero-order valence-electron chi connectivity index (χ0n) is 15.0. The molecule has 2 bridgehead atoms. The van der Waals surface area contributed by atoms with Gasteiger partial charge >= 0.3 is 11.9 Å². The van der Waals surface area contributed by atoms with Crippen LogP contribution in [0.1, 0.15) is 71.6 Å². The van der Waals surface area contributed by atoms with Crippen molar-refractivity contribution < 1.29 is 19.1 Å². The molecular formula is C20H30O4.